The summed E-state index contributed by atoms with van der Waals surface area (Å²) < 4.78 is 5.43. The van der Waals surface area contributed by atoms with E-state index < -0.39 is 0 Å². The summed E-state index contributed by atoms with van der Waals surface area (Å²) in [5.74, 6) is 0.738. The summed E-state index contributed by atoms with van der Waals surface area (Å²) in [6.07, 6.45) is 1.17. The maximum Gasteiger partial charge on any atom is 0.225 e. The summed E-state index contributed by atoms with van der Waals surface area (Å²) in [4.78, 5) is 13.7. The molecule has 0 bridgehead atoms. The summed E-state index contributed by atoms with van der Waals surface area (Å²) in [5.41, 5.74) is 3.87. The molecule has 0 fully saturated rings. The minimum Gasteiger partial charge on any atom is -0.496 e. The average molecular weight is 369 g/mol. The molecule has 2 aromatic rings. The number of thiophene rings is 1. The Morgan fingerprint density at radius 3 is 3.04 bits per heavy atom. The smallest absolute Gasteiger partial charge is 0.225 e. The lowest BCUT2D eigenvalue weighted by Crippen LogP contribution is -2.22. The lowest BCUT2D eigenvalue weighted by molar-refractivity contribution is -0.116. The number of benzene rings is 1. The number of carbonyl (C=O) groups is 1. The van der Waals surface area contributed by atoms with Gasteiger partial charge in [0.25, 0.3) is 0 Å². The van der Waals surface area contributed by atoms with E-state index in [0.717, 1.165) is 46.8 Å². The number of hydrogen-bond acceptors (Lipinski definition) is 5. The van der Waals surface area contributed by atoms with Crippen LogP contribution in [-0.4, -0.2) is 19.6 Å². The summed E-state index contributed by atoms with van der Waals surface area (Å²) in [6, 6.07) is 8.27. The van der Waals surface area contributed by atoms with Gasteiger partial charge in [0.05, 0.1) is 12.7 Å². The number of fused-ring (bicyclic) bond motifs is 1. The van der Waals surface area contributed by atoms with Crippen LogP contribution in [0, 0.1) is 18.3 Å². The maximum atomic E-state index is 12.6. The third-order valence-electron chi connectivity index (χ3n) is 4.70. The highest BCUT2D eigenvalue weighted by Gasteiger charge is 2.22. The van der Waals surface area contributed by atoms with Crippen LogP contribution in [0.15, 0.2) is 18.2 Å². The van der Waals surface area contributed by atoms with Crippen molar-refractivity contribution in [2.75, 3.05) is 19.0 Å². The molecule has 1 amide bonds. The van der Waals surface area contributed by atoms with Gasteiger partial charge in [-0.05, 0) is 43.0 Å². The molecular weight excluding hydrogens is 346 g/mol. The number of nitriles is 1. The van der Waals surface area contributed by atoms with Crippen LogP contribution in [0.5, 0.6) is 5.75 Å². The Bertz CT molecular complexity index is 867. The van der Waals surface area contributed by atoms with Crippen molar-refractivity contribution in [3.8, 4) is 11.8 Å². The fourth-order valence-corrected chi connectivity index (χ4v) is 4.53. The first-order valence-electron chi connectivity index (χ1n) is 8.73. The summed E-state index contributed by atoms with van der Waals surface area (Å²) in [5, 5.41) is 16.4. The molecule has 1 atom stereocenters. The van der Waals surface area contributed by atoms with Crippen LogP contribution in [0.25, 0.3) is 0 Å². The number of nitrogens with one attached hydrogen (secondary N) is 2. The van der Waals surface area contributed by atoms with Gasteiger partial charge in [-0.25, -0.2) is 0 Å². The fourth-order valence-electron chi connectivity index (χ4n) is 3.35. The normalized spacial score (nSPS) is 14.2. The first kappa shape index (κ1) is 18.4. The van der Waals surface area contributed by atoms with E-state index in [9.17, 15) is 10.1 Å². The zero-order chi connectivity index (χ0) is 18.7. The predicted octanol–water partition coefficient (Wildman–Crippen LogP) is 3.71. The second kappa shape index (κ2) is 7.90. The molecule has 1 aromatic carbocycles. The van der Waals surface area contributed by atoms with Crippen molar-refractivity contribution >= 4 is 22.2 Å². The predicted molar refractivity (Wildman–Crippen MR) is 104 cm³/mol. The number of rotatable bonds is 5. The third kappa shape index (κ3) is 3.74. The third-order valence-corrected chi connectivity index (χ3v) is 5.85. The Hall–Kier alpha value is -2.36. The summed E-state index contributed by atoms with van der Waals surface area (Å²) >= 11 is 1.51. The lowest BCUT2D eigenvalue weighted by atomic mass is 9.95. The van der Waals surface area contributed by atoms with E-state index in [1.54, 1.807) is 7.11 Å². The number of methoxy groups -OCH3 is 1. The van der Waals surface area contributed by atoms with Crippen LogP contribution >= 0.6 is 11.3 Å². The zero-order valence-electron chi connectivity index (χ0n) is 15.3. The van der Waals surface area contributed by atoms with Gasteiger partial charge in [-0.15, -0.1) is 11.3 Å². The number of amides is 1. The molecule has 0 saturated carbocycles. The largest absolute Gasteiger partial charge is 0.496 e. The number of anilines is 1. The lowest BCUT2D eigenvalue weighted by Gasteiger charge is -2.16. The highest BCUT2D eigenvalue weighted by molar-refractivity contribution is 7.16. The Labute approximate surface area is 158 Å². The zero-order valence-corrected chi connectivity index (χ0v) is 16.1. The molecule has 1 aliphatic rings. The highest BCUT2D eigenvalue weighted by Crippen LogP contribution is 2.35. The van der Waals surface area contributed by atoms with Crippen LogP contribution in [0.4, 0.5) is 5.00 Å². The number of hydrogen-bond donors (Lipinski definition) is 2. The van der Waals surface area contributed by atoms with E-state index in [1.807, 2.05) is 26.0 Å². The Kier molecular flexibility index (Phi) is 5.60. The molecule has 26 heavy (non-hydrogen) atoms. The molecule has 5 nitrogen and oxygen atoms in total. The van der Waals surface area contributed by atoms with Crippen molar-refractivity contribution in [2.24, 2.45) is 0 Å². The van der Waals surface area contributed by atoms with Gasteiger partial charge in [0.15, 0.2) is 0 Å². The van der Waals surface area contributed by atoms with Gasteiger partial charge in [-0.3, -0.25) is 4.79 Å². The quantitative estimate of drug-likeness (QED) is 0.842. The van der Waals surface area contributed by atoms with Crippen molar-refractivity contribution in [2.45, 2.75) is 39.2 Å². The molecule has 6 heteroatoms. The molecule has 2 N–H and O–H groups in total. The van der Waals surface area contributed by atoms with E-state index in [2.05, 4.69) is 22.8 Å². The standard InChI is InChI=1S/C20H23N3O2S/c1-12-4-5-17(25-3)15(8-12)13(2)9-19(24)23-20-16(10-21)14-6-7-22-11-18(14)26-20/h4-5,8,13,22H,6-7,9,11H2,1-3H3,(H,23,24)/t13-/m0/s1. The molecule has 0 unspecified atom stereocenters. The maximum absolute atomic E-state index is 12.6. The molecule has 3 rings (SSSR count). The Morgan fingerprint density at radius 2 is 2.31 bits per heavy atom. The molecule has 2 heterocycles. The van der Waals surface area contributed by atoms with Gasteiger partial charge in [-0.2, -0.15) is 5.26 Å². The Morgan fingerprint density at radius 1 is 1.50 bits per heavy atom. The molecule has 1 aromatic heterocycles. The molecule has 0 saturated heterocycles. The van der Waals surface area contributed by atoms with Crippen LogP contribution in [0.2, 0.25) is 0 Å². The second-order valence-electron chi connectivity index (χ2n) is 6.65. The van der Waals surface area contributed by atoms with Gasteiger partial charge in [0, 0.05) is 17.8 Å². The van der Waals surface area contributed by atoms with Gasteiger partial charge in [0.2, 0.25) is 5.91 Å². The minimum atomic E-state index is -0.0795. The summed E-state index contributed by atoms with van der Waals surface area (Å²) in [7, 11) is 1.64. The SMILES string of the molecule is COc1ccc(C)cc1[C@@H](C)CC(=O)Nc1sc2c(c1C#N)CCNC2. The molecular formula is C20H23N3O2S. The van der Waals surface area contributed by atoms with Gasteiger partial charge in [-0.1, -0.05) is 24.6 Å². The van der Waals surface area contributed by atoms with E-state index in [1.165, 1.54) is 11.3 Å². The molecule has 1 aliphatic heterocycles. The van der Waals surface area contributed by atoms with E-state index in [-0.39, 0.29) is 11.8 Å². The first-order valence-corrected chi connectivity index (χ1v) is 9.54. The highest BCUT2D eigenvalue weighted by atomic mass is 32.1. The number of ether oxygens (including phenoxy) is 1. The molecule has 0 spiro atoms. The molecule has 0 aliphatic carbocycles. The van der Waals surface area contributed by atoms with E-state index >= 15 is 0 Å². The molecule has 0 radical (unpaired) electrons. The van der Waals surface area contributed by atoms with Crippen molar-refractivity contribution in [1.82, 2.24) is 5.32 Å². The minimum absolute atomic E-state index is 0.0200. The second-order valence-corrected chi connectivity index (χ2v) is 7.75. The van der Waals surface area contributed by atoms with Crippen molar-refractivity contribution in [3.05, 3.63) is 45.3 Å². The number of nitrogens with zero attached hydrogens (tertiary/aromatic N) is 1. The molecule has 136 valence electrons. The van der Waals surface area contributed by atoms with Crippen molar-refractivity contribution in [1.29, 1.82) is 5.26 Å². The van der Waals surface area contributed by atoms with Gasteiger partial charge >= 0.3 is 0 Å². The Balaban J connectivity index is 1.75. The van der Waals surface area contributed by atoms with Crippen LogP contribution in [0.1, 0.15) is 46.4 Å². The van der Waals surface area contributed by atoms with Gasteiger partial charge < -0.3 is 15.4 Å². The fraction of sp³-hybridized carbons (Fsp3) is 0.400. The number of carbonyl (C=O) groups excluding carboxylic acids is 1. The topological polar surface area (TPSA) is 74.1 Å². The van der Waals surface area contributed by atoms with Gasteiger partial charge in [0.1, 0.15) is 16.8 Å². The van der Waals surface area contributed by atoms with Crippen LogP contribution < -0.4 is 15.4 Å². The average Bonchev–Trinajstić information content (AvgIpc) is 2.98. The van der Waals surface area contributed by atoms with Crippen molar-refractivity contribution in [3.63, 3.8) is 0 Å². The van der Waals surface area contributed by atoms with Crippen LogP contribution in [-0.2, 0) is 17.8 Å². The van der Waals surface area contributed by atoms with E-state index in [4.69, 9.17) is 4.74 Å². The monoisotopic (exact) mass is 369 g/mol. The first-order chi connectivity index (χ1) is 12.5. The summed E-state index contributed by atoms with van der Waals surface area (Å²) in [6.45, 7) is 5.68. The number of aryl methyl sites for hydroxylation is 1. The van der Waals surface area contributed by atoms with Crippen molar-refractivity contribution < 1.29 is 9.53 Å². The van der Waals surface area contributed by atoms with Crippen LogP contribution in [0.3, 0.4) is 0 Å². The van der Waals surface area contributed by atoms with E-state index in [0.29, 0.717) is 17.0 Å².